The summed E-state index contributed by atoms with van der Waals surface area (Å²) in [6, 6.07) is 2.57. The van der Waals surface area contributed by atoms with Crippen molar-refractivity contribution < 1.29 is 27.5 Å². The van der Waals surface area contributed by atoms with Gasteiger partial charge in [-0.25, -0.2) is 4.39 Å². The molecule has 1 aliphatic rings. The average molecular weight is 291 g/mol. The smallest absolute Gasteiger partial charge is 0.396 e. The largest absolute Gasteiger partial charge is 0.419 e. The summed E-state index contributed by atoms with van der Waals surface area (Å²) in [4.78, 5) is 11.7. The lowest BCUT2D eigenvalue weighted by Gasteiger charge is -2.14. The number of alkyl halides is 3. The molecular formula is C13H13F4NO2. The minimum absolute atomic E-state index is 0.113. The topological polar surface area (TPSA) is 49.3 Å². The zero-order valence-corrected chi connectivity index (χ0v) is 10.4. The van der Waals surface area contributed by atoms with E-state index in [9.17, 15) is 22.4 Å². The van der Waals surface area contributed by atoms with Crippen LogP contribution in [-0.2, 0) is 6.18 Å². The van der Waals surface area contributed by atoms with Crippen LogP contribution in [0.5, 0.6) is 0 Å². The van der Waals surface area contributed by atoms with Crippen LogP contribution in [0.15, 0.2) is 18.2 Å². The third-order valence-corrected chi connectivity index (χ3v) is 3.47. The molecule has 0 bridgehead atoms. The second kappa shape index (κ2) is 5.05. The van der Waals surface area contributed by atoms with Gasteiger partial charge < -0.3 is 10.4 Å². The number of aliphatic hydroxyl groups is 1. The van der Waals surface area contributed by atoms with Crippen molar-refractivity contribution in [1.29, 1.82) is 0 Å². The average Bonchev–Trinajstić information content (AvgIpc) is 3.15. The molecule has 0 saturated heterocycles. The van der Waals surface area contributed by atoms with E-state index >= 15 is 0 Å². The van der Waals surface area contributed by atoms with Crippen molar-refractivity contribution in [3.05, 3.63) is 35.1 Å². The third-order valence-electron chi connectivity index (χ3n) is 3.47. The second-order valence-corrected chi connectivity index (χ2v) is 5.01. The molecule has 0 heterocycles. The number of nitrogens with one attached hydrogen (secondary N) is 1. The predicted octanol–water partition coefficient (Wildman–Crippen LogP) is 2.35. The summed E-state index contributed by atoms with van der Waals surface area (Å²) in [6.45, 7) is 0.0103. The van der Waals surface area contributed by atoms with E-state index in [1.807, 2.05) is 0 Å². The van der Waals surface area contributed by atoms with Gasteiger partial charge in [0, 0.05) is 12.0 Å². The number of carbonyl (C=O) groups is 1. The molecular weight excluding hydrogens is 278 g/mol. The Morgan fingerprint density at radius 2 is 2.00 bits per heavy atom. The Balaban J connectivity index is 2.14. The first-order valence-electron chi connectivity index (χ1n) is 6.04. The summed E-state index contributed by atoms with van der Waals surface area (Å²) in [6.07, 6.45) is -3.38. The van der Waals surface area contributed by atoms with Gasteiger partial charge in [0.1, 0.15) is 5.82 Å². The number of carbonyl (C=O) groups excluding carboxylic acids is 1. The first-order chi connectivity index (χ1) is 9.29. The molecule has 20 heavy (non-hydrogen) atoms. The van der Waals surface area contributed by atoms with Gasteiger partial charge in [0.25, 0.3) is 5.91 Å². The third kappa shape index (κ3) is 2.92. The van der Waals surface area contributed by atoms with Crippen molar-refractivity contribution >= 4 is 5.91 Å². The lowest BCUT2D eigenvalue weighted by atomic mass is 10.1. The Labute approximate surface area is 112 Å². The maximum Gasteiger partial charge on any atom is 0.419 e. The van der Waals surface area contributed by atoms with Gasteiger partial charge in [-0.1, -0.05) is 6.07 Å². The van der Waals surface area contributed by atoms with Gasteiger partial charge in [-0.2, -0.15) is 13.2 Å². The summed E-state index contributed by atoms with van der Waals surface area (Å²) in [5.74, 6) is -2.49. The van der Waals surface area contributed by atoms with Crippen LogP contribution in [0.1, 0.15) is 28.8 Å². The number of amides is 1. The van der Waals surface area contributed by atoms with E-state index in [1.165, 1.54) is 0 Å². The fourth-order valence-corrected chi connectivity index (χ4v) is 1.86. The van der Waals surface area contributed by atoms with Gasteiger partial charge in [-0.15, -0.1) is 0 Å². The molecule has 3 nitrogen and oxygen atoms in total. The fraction of sp³-hybridized carbons (Fsp3) is 0.462. The monoisotopic (exact) mass is 291 g/mol. The molecule has 0 spiro atoms. The first-order valence-corrected chi connectivity index (χ1v) is 6.04. The summed E-state index contributed by atoms with van der Waals surface area (Å²) in [5.41, 5.74) is -2.50. The molecule has 1 saturated carbocycles. The lowest BCUT2D eigenvalue weighted by molar-refractivity contribution is -0.140. The maximum atomic E-state index is 13.7. The summed E-state index contributed by atoms with van der Waals surface area (Å²) >= 11 is 0. The first kappa shape index (κ1) is 14.8. The highest BCUT2D eigenvalue weighted by molar-refractivity contribution is 5.94. The van der Waals surface area contributed by atoms with Crippen molar-refractivity contribution in [2.24, 2.45) is 5.41 Å². The molecule has 1 aromatic rings. The summed E-state index contributed by atoms with van der Waals surface area (Å²) < 4.78 is 51.3. The van der Waals surface area contributed by atoms with Gasteiger partial charge in [0.2, 0.25) is 0 Å². The van der Waals surface area contributed by atoms with Crippen molar-refractivity contribution in [2.75, 3.05) is 13.2 Å². The van der Waals surface area contributed by atoms with E-state index in [1.54, 1.807) is 0 Å². The minimum atomic E-state index is -4.84. The van der Waals surface area contributed by atoms with E-state index in [4.69, 9.17) is 5.11 Å². The van der Waals surface area contributed by atoms with Gasteiger partial charge in [0.05, 0.1) is 17.7 Å². The molecule has 0 radical (unpaired) electrons. The predicted molar refractivity (Wildman–Crippen MR) is 62.5 cm³/mol. The van der Waals surface area contributed by atoms with Gasteiger partial charge in [0.15, 0.2) is 0 Å². The molecule has 0 atom stereocenters. The number of rotatable bonds is 4. The molecule has 2 N–H and O–H groups in total. The number of benzene rings is 1. The van der Waals surface area contributed by atoms with Crippen molar-refractivity contribution in [3.8, 4) is 0 Å². The van der Waals surface area contributed by atoms with Crippen LogP contribution in [0, 0.1) is 11.2 Å². The minimum Gasteiger partial charge on any atom is -0.396 e. The number of hydrogen-bond acceptors (Lipinski definition) is 2. The van der Waals surface area contributed by atoms with Crippen LogP contribution in [0.2, 0.25) is 0 Å². The number of aliphatic hydroxyl groups excluding tert-OH is 1. The summed E-state index contributed by atoms with van der Waals surface area (Å²) in [7, 11) is 0. The Morgan fingerprint density at radius 3 is 2.50 bits per heavy atom. The molecule has 1 amide bonds. The van der Waals surface area contributed by atoms with Crippen LogP contribution in [-0.4, -0.2) is 24.2 Å². The fourth-order valence-electron chi connectivity index (χ4n) is 1.86. The Hall–Kier alpha value is -1.63. The van der Waals surface area contributed by atoms with E-state index in [0.717, 1.165) is 25.0 Å². The Kier molecular flexibility index (Phi) is 3.73. The van der Waals surface area contributed by atoms with E-state index in [-0.39, 0.29) is 13.2 Å². The molecule has 110 valence electrons. The molecule has 1 aliphatic carbocycles. The highest BCUT2D eigenvalue weighted by Crippen LogP contribution is 2.44. The SMILES string of the molecule is O=C(NCC1(CO)CC1)c1cccc(C(F)(F)F)c1F. The molecule has 0 aliphatic heterocycles. The van der Waals surface area contributed by atoms with Crippen molar-refractivity contribution in [2.45, 2.75) is 19.0 Å². The van der Waals surface area contributed by atoms with Gasteiger partial charge in [-0.3, -0.25) is 4.79 Å². The lowest BCUT2D eigenvalue weighted by Crippen LogP contribution is -2.32. The quantitative estimate of drug-likeness (QED) is 0.837. The van der Waals surface area contributed by atoms with Crippen LogP contribution in [0.4, 0.5) is 17.6 Å². The molecule has 2 rings (SSSR count). The van der Waals surface area contributed by atoms with Crippen LogP contribution in [0.25, 0.3) is 0 Å². The Morgan fingerprint density at radius 1 is 1.35 bits per heavy atom. The molecule has 7 heteroatoms. The second-order valence-electron chi connectivity index (χ2n) is 5.01. The molecule has 0 unspecified atom stereocenters. The Bertz CT molecular complexity index is 524. The van der Waals surface area contributed by atoms with E-state index in [0.29, 0.717) is 6.07 Å². The van der Waals surface area contributed by atoms with Crippen LogP contribution < -0.4 is 5.32 Å². The van der Waals surface area contributed by atoms with E-state index in [2.05, 4.69) is 5.32 Å². The highest BCUT2D eigenvalue weighted by atomic mass is 19.4. The van der Waals surface area contributed by atoms with Crippen molar-refractivity contribution in [3.63, 3.8) is 0 Å². The van der Waals surface area contributed by atoms with E-state index < -0.39 is 34.4 Å². The van der Waals surface area contributed by atoms with Crippen molar-refractivity contribution in [1.82, 2.24) is 5.32 Å². The molecule has 0 aromatic heterocycles. The highest BCUT2D eigenvalue weighted by Gasteiger charge is 2.42. The standard InChI is InChI=1S/C13H13F4NO2/c14-10-8(2-1-3-9(10)13(15,16)17)11(20)18-6-12(7-19)4-5-12/h1-3,19H,4-7H2,(H,18,20). The molecule has 1 fully saturated rings. The number of hydrogen-bond donors (Lipinski definition) is 2. The summed E-state index contributed by atoms with van der Waals surface area (Å²) in [5, 5.41) is 11.4. The van der Waals surface area contributed by atoms with Crippen LogP contribution >= 0.6 is 0 Å². The zero-order valence-electron chi connectivity index (χ0n) is 10.4. The number of halogens is 4. The molecule has 1 aromatic carbocycles. The normalized spacial score (nSPS) is 16.9. The van der Waals surface area contributed by atoms with Gasteiger partial charge >= 0.3 is 6.18 Å². The van der Waals surface area contributed by atoms with Gasteiger partial charge in [-0.05, 0) is 25.0 Å². The maximum absolute atomic E-state index is 13.7. The van der Waals surface area contributed by atoms with Crippen LogP contribution in [0.3, 0.4) is 0 Å². The zero-order chi connectivity index (χ0) is 15.0.